The first-order valence-electron chi connectivity index (χ1n) is 7.05. The van der Waals surface area contributed by atoms with E-state index in [-0.39, 0.29) is 11.5 Å². The maximum absolute atomic E-state index is 10.1. The minimum absolute atomic E-state index is 0.182. The van der Waals surface area contributed by atoms with Crippen LogP contribution >= 0.6 is 11.3 Å². The molecule has 2 N–H and O–H groups in total. The molecular weight excluding hydrogens is 308 g/mol. The number of fused-ring (bicyclic) bond motifs is 1. The van der Waals surface area contributed by atoms with Gasteiger partial charge >= 0.3 is 0 Å². The molecule has 5 heteroatoms. The molecule has 23 heavy (non-hydrogen) atoms. The maximum Gasteiger partial charge on any atom is 0.125 e. The van der Waals surface area contributed by atoms with E-state index in [4.69, 9.17) is 0 Å². The number of aromatic hydroxyl groups is 2. The minimum atomic E-state index is 0.182. The van der Waals surface area contributed by atoms with E-state index in [1.54, 1.807) is 41.7 Å². The highest BCUT2D eigenvalue weighted by molar-refractivity contribution is 7.17. The molecule has 4 nitrogen and oxygen atoms in total. The standard InChI is InChI=1S/C18H12N2O2S/c21-12-5-3-4-11(10-12)16-14-8-9-23-18(14)17(20-19-16)13-6-1-2-7-15(13)22/h1-10,21-22H. The smallest absolute Gasteiger partial charge is 0.125 e. The second-order valence-corrected chi connectivity index (χ2v) is 6.04. The molecule has 2 aromatic heterocycles. The topological polar surface area (TPSA) is 66.2 Å². The SMILES string of the molecule is Oc1cccc(-c2nnc(-c3ccccc3O)c3sccc23)c1. The molecular formula is C18H12N2O2S. The van der Waals surface area contributed by atoms with Crippen LogP contribution in [0.15, 0.2) is 60.0 Å². The summed E-state index contributed by atoms with van der Waals surface area (Å²) in [5, 5.41) is 31.4. The van der Waals surface area contributed by atoms with Crippen LogP contribution in [-0.4, -0.2) is 20.4 Å². The van der Waals surface area contributed by atoms with E-state index in [0.717, 1.165) is 21.3 Å². The molecule has 0 aliphatic carbocycles. The lowest BCUT2D eigenvalue weighted by molar-refractivity contribution is 0.475. The number of phenolic OH excluding ortho intramolecular Hbond substituents is 2. The quantitative estimate of drug-likeness (QED) is 0.573. The number of aromatic nitrogens is 2. The van der Waals surface area contributed by atoms with Crippen LogP contribution in [-0.2, 0) is 0 Å². The lowest BCUT2D eigenvalue weighted by Crippen LogP contribution is -1.93. The number of rotatable bonds is 2. The largest absolute Gasteiger partial charge is 0.508 e. The van der Waals surface area contributed by atoms with Crippen molar-refractivity contribution in [1.82, 2.24) is 10.2 Å². The maximum atomic E-state index is 10.1. The van der Waals surface area contributed by atoms with Crippen LogP contribution < -0.4 is 0 Å². The number of hydrogen-bond donors (Lipinski definition) is 2. The zero-order valence-corrected chi connectivity index (χ0v) is 12.8. The average Bonchev–Trinajstić information content (AvgIpc) is 3.04. The fourth-order valence-electron chi connectivity index (χ4n) is 2.59. The molecule has 2 heterocycles. The highest BCUT2D eigenvalue weighted by Crippen LogP contribution is 2.38. The molecule has 0 radical (unpaired) electrons. The third-order valence-electron chi connectivity index (χ3n) is 3.66. The Balaban J connectivity index is 1.97. The fourth-order valence-corrected chi connectivity index (χ4v) is 3.49. The molecule has 0 aliphatic rings. The van der Waals surface area contributed by atoms with Crippen molar-refractivity contribution in [3.8, 4) is 34.0 Å². The van der Waals surface area contributed by atoms with Gasteiger partial charge in [0.25, 0.3) is 0 Å². The molecule has 4 aromatic rings. The van der Waals surface area contributed by atoms with Gasteiger partial charge in [-0.15, -0.1) is 21.5 Å². The summed E-state index contributed by atoms with van der Waals surface area (Å²) >= 11 is 1.55. The molecule has 0 fully saturated rings. The highest BCUT2D eigenvalue weighted by atomic mass is 32.1. The number of thiophene rings is 1. The first-order chi connectivity index (χ1) is 11.2. The number of phenols is 2. The van der Waals surface area contributed by atoms with Crippen molar-refractivity contribution in [2.75, 3.05) is 0 Å². The molecule has 0 spiro atoms. The molecule has 0 unspecified atom stereocenters. The van der Waals surface area contributed by atoms with Crippen LogP contribution in [0.2, 0.25) is 0 Å². The van der Waals surface area contributed by atoms with Crippen LogP contribution in [0.5, 0.6) is 11.5 Å². The minimum Gasteiger partial charge on any atom is -0.508 e. The molecule has 112 valence electrons. The Morgan fingerprint density at radius 3 is 2.48 bits per heavy atom. The number of nitrogens with zero attached hydrogens (tertiary/aromatic N) is 2. The van der Waals surface area contributed by atoms with Crippen molar-refractivity contribution < 1.29 is 10.2 Å². The summed E-state index contributed by atoms with van der Waals surface area (Å²) in [7, 11) is 0. The molecule has 0 bridgehead atoms. The van der Waals surface area contributed by atoms with Crippen LogP contribution in [0.1, 0.15) is 0 Å². The van der Waals surface area contributed by atoms with E-state index in [9.17, 15) is 10.2 Å². The van der Waals surface area contributed by atoms with Gasteiger partial charge < -0.3 is 10.2 Å². The second-order valence-electron chi connectivity index (χ2n) is 5.13. The molecule has 0 saturated carbocycles. The van der Waals surface area contributed by atoms with Gasteiger partial charge in [0.1, 0.15) is 22.9 Å². The van der Waals surface area contributed by atoms with Gasteiger partial charge in [-0.3, -0.25) is 0 Å². The Kier molecular flexibility index (Phi) is 3.20. The molecule has 4 rings (SSSR count). The van der Waals surface area contributed by atoms with Gasteiger partial charge in [0.05, 0.1) is 4.70 Å². The van der Waals surface area contributed by atoms with Crippen molar-refractivity contribution in [1.29, 1.82) is 0 Å². The van der Waals surface area contributed by atoms with E-state index in [1.807, 2.05) is 29.6 Å². The predicted octanol–water partition coefficient (Wildman–Crippen LogP) is 4.44. The Hall–Kier alpha value is -2.92. The average molecular weight is 320 g/mol. The Bertz CT molecular complexity index is 1010. The van der Waals surface area contributed by atoms with Gasteiger partial charge in [-0.05, 0) is 35.7 Å². The zero-order valence-electron chi connectivity index (χ0n) is 12.0. The van der Waals surface area contributed by atoms with Crippen molar-refractivity contribution >= 4 is 21.4 Å². The summed E-state index contributed by atoms with van der Waals surface area (Å²) in [5.41, 5.74) is 2.85. The Morgan fingerprint density at radius 1 is 0.826 bits per heavy atom. The van der Waals surface area contributed by atoms with E-state index in [2.05, 4.69) is 10.2 Å². The van der Waals surface area contributed by atoms with Crippen LogP contribution in [0, 0.1) is 0 Å². The summed E-state index contributed by atoms with van der Waals surface area (Å²) < 4.78 is 0.958. The van der Waals surface area contributed by atoms with Gasteiger partial charge in [0.15, 0.2) is 0 Å². The van der Waals surface area contributed by atoms with E-state index in [0.29, 0.717) is 11.3 Å². The van der Waals surface area contributed by atoms with Crippen LogP contribution in [0.4, 0.5) is 0 Å². The monoisotopic (exact) mass is 320 g/mol. The second kappa shape index (κ2) is 5.37. The lowest BCUT2D eigenvalue weighted by Gasteiger charge is -2.08. The summed E-state index contributed by atoms with van der Waals surface area (Å²) in [6.07, 6.45) is 0. The molecule has 0 aliphatic heterocycles. The first-order valence-corrected chi connectivity index (χ1v) is 7.93. The van der Waals surface area contributed by atoms with Gasteiger partial charge in [-0.25, -0.2) is 0 Å². The van der Waals surface area contributed by atoms with Crippen molar-refractivity contribution in [2.24, 2.45) is 0 Å². The Morgan fingerprint density at radius 2 is 1.65 bits per heavy atom. The summed E-state index contributed by atoms with van der Waals surface area (Å²) in [5.74, 6) is 0.374. The molecule has 0 saturated heterocycles. The molecule has 2 aromatic carbocycles. The molecule has 0 amide bonds. The number of hydrogen-bond acceptors (Lipinski definition) is 5. The van der Waals surface area contributed by atoms with Crippen molar-refractivity contribution in [3.63, 3.8) is 0 Å². The van der Waals surface area contributed by atoms with E-state index >= 15 is 0 Å². The van der Waals surface area contributed by atoms with Gasteiger partial charge in [-0.1, -0.05) is 24.3 Å². The van der Waals surface area contributed by atoms with E-state index in [1.165, 1.54) is 0 Å². The van der Waals surface area contributed by atoms with E-state index < -0.39 is 0 Å². The summed E-state index contributed by atoms with van der Waals surface area (Å²) in [4.78, 5) is 0. The summed E-state index contributed by atoms with van der Waals surface area (Å²) in [6.45, 7) is 0. The van der Waals surface area contributed by atoms with Crippen molar-refractivity contribution in [2.45, 2.75) is 0 Å². The third-order valence-corrected chi connectivity index (χ3v) is 4.59. The molecule has 0 atom stereocenters. The van der Waals surface area contributed by atoms with Crippen molar-refractivity contribution in [3.05, 3.63) is 60.0 Å². The normalized spacial score (nSPS) is 11.0. The summed E-state index contributed by atoms with van der Waals surface area (Å²) in [6, 6.07) is 16.0. The number of benzene rings is 2. The lowest BCUT2D eigenvalue weighted by atomic mass is 10.1. The zero-order chi connectivity index (χ0) is 15.8. The Labute approximate surface area is 136 Å². The van der Waals surface area contributed by atoms with Gasteiger partial charge in [-0.2, -0.15) is 0 Å². The number of para-hydroxylation sites is 1. The van der Waals surface area contributed by atoms with Crippen LogP contribution in [0.3, 0.4) is 0 Å². The van der Waals surface area contributed by atoms with Crippen LogP contribution in [0.25, 0.3) is 32.6 Å². The highest BCUT2D eigenvalue weighted by Gasteiger charge is 2.15. The fraction of sp³-hybridized carbons (Fsp3) is 0. The third kappa shape index (κ3) is 2.31. The predicted molar refractivity (Wildman–Crippen MR) is 91.6 cm³/mol. The van der Waals surface area contributed by atoms with Gasteiger partial charge in [0, 0.05) is 16.5 Å². The first kappa shape index (κ1) is 13.7. The van der Waals surface area contributed by atoms with Gasteiger partial charge in [0.2, 0.25) is 0 Å².